The van der Waals surface area contributed by atoms with Crippen molar-refractivity contribution in [3.05, 3.63) is 95.6 Å². The number of hydrogen-bond donors (Lipinski definition) is 2. The van der Waals surface area contributed by atoms with E-state index in [1.807, 2.05) is 19.1 Å². The number of esters is 1. The molecule has 1 fully saturated rings. The first kappa shape index (κ1) is 25.7. The van der Waals surface area contributed by atoms with Gasteiger partial charge in [0.15, 0.2) is 0 Å². The zero-order valence-electron chi connectivity index (χ0n) is 21.0. The molecule has 1 atom stereocenters. The molecule has 37 heavy (non-hydrogen) atoms. The van der Waals surface area contributed by atoms with Crippen LogP contribution < -0.4 is 15.0 Å². The molecule has 1 amide bonds. The number of amides is 1. The van der Waals surface area contributed by atoms with Gasteiger partial charge in [-0.1, -0.05) is 48.0 Å². The maximum absolute atomic E-state index is 13.6. The second kappa shape index (κ2) is 10.3. The molecule has 4 rings (SSSR count). The van der Waals surface area contributed by atoms with Gasteiger partial charge in [0, 0.05) is 11.4 Å². The SMILES string of the molecule is COc1ccc(N2C(=O)C(=O)/C(=C(\Nc3ccc(C)cc3)c3ccccc3)C2(O)C(=O)OC(C)C)cc1. The van der Waals surface area contributed by atoms with Gasteiger partial charge in [0.2, 0.25) is 0 Å². The molecule has 190 valence electrons. The Labute approximate surface area is 215 Å². The maximum Gasteiger partial charge on any atom is 0.365 e. The van der Waals surface area contributed by atoms with Gasteiger partial charge in [-0.2, -0.15) is 0 Å². The normalized spacial score (nSPS) is 18.7. The van der Waals surface area contributed by atoms with E-state index in [4.69, 9.17) is 9.47 Å². The van der Waals surface area contributed by atoms with Gasteiger partial charge in [0.1, 0.15) is 5.75 Å². The van der Waals surface area contributed by atoms with Gasteiger partial charge < -0.3 is 19.9 Å². The highest BCUT2D eigenvalue weighted by Crippen LogP contribution is 2.41. The minimum atomic E-state index is -2.74. The monoisotopic (exact) mass is 500 g/mol. The Bertz CT molecular complexity index is 1350. The standard InChI is InChI=1S/C29H28N2O6/c1-18(2)37-28(34)29(35)24(26(32)27(33)31(29)22-14-16-23(36-4)17-15-22)25(20-8-6-5-7-9-20)30-21-12-10-19(3)11-13-21/h5-18,30,35H,1-4H3/b25-24+. The van der Waals surface area contributed by atoms with E-state index in [0.717, 1.165) is 10.5 Å². The van der Waals surface area contributed by atoms with E-state index in [9.17, 15) is 19.5 Å². The number of rotatable bonds is 7. The number of anilines is 2. The summed E-state index contributed by atoms with van der Waals surface area (Å²) < 4.78 is 10.6. The highest BCUT2D eigenvalue weighted by atomic mass is 16.6. The molecule has 0 saturated carbocycles. The van der Waals surface area contributed by atoms with Gasteiger partial charge in [0.05, 0.1) is 24.5 Å². The molecule has 8 nitrogen and oxygen atoms in total. The summed E-state index contributed by atoms with van der Waals surface area (Å²) in [5.74, 6) is -2.75. The zero-order chi connectivity index (χ0) is 26.7. The summed E-state index contributed by atoms with van der Waals surface area (Å²) in [5, 5.41) is 15.2. The molecule has 3 aromatic carbocycles. The maximum atomic E-state index is 13.6. The Balaban J connectivity index is 1.99. The van der Waals surface area contributed by atoms with Gasteiger partial charge in [-0.3, -0.25) is 14.5 Å². The largest absolute Gasteiger partial charge is 0.497 e. The van der Waals surface area contributed by atoms with Crippen molar-refractivity contribution in [2.75, 3.05) is 17.3 Å². The molecule has 0 aliphatic carbocycles. The molecular weight excluding hydrogens is 472 g/mol. The quantitative estimate of drug-likeness (QED) is 0.286. The summed E-state index contributed by atoms with van der Waals surface area (Å²) in [5.41, 5.74) is -0.816. The molecule has 1 aliphatic heterocycles. The number of hydrogen-bond acceptors (Lipinski definition) is 7. The number of nitrogens with one attached hydrogen (secondary N) is 1. The van der Waals surface area contributed by atoms with Gasteiger partial charge in [0.25, 0.3) is 11.5 Å². The Morgan fingerprint density at radius 1 is 0.946 bits per heavy atom. The number of ether oxygens (including phenoxy) is 2. The van der Waals surface area contributed by atoms with Crippen LogP contribution in [-0.2, 0) is 19.1 Å². The summed E-state index contributed by atoms with van der Waals surface area (Å²) in [6.45, 7) is 5.17. The first-order chi connectivity index (χ1) is 17.7. The first-order valence-electron chi connectivity index (χ1n) is 11.8. The third-order valence-electron chi connectivity index (χ3n) is 5.89. The average molecular weight is 501 g/mol. The van der Waals surface area contributed by atoms with Crippen LogP contribution in [0.3, 0.4) is 0 Å². The minimum Gasteiger partial charge on any atom is -0.497 e. The lowest BCUT2D eigenvalue weighted by Crippen LogP contribution is -2.55. The number of carbonyl (C=O) groups is 3. The fourth-order valence-electron chi connectivity index (χ4n) is 4.10. The van der Waals surface area contributed by atoms with Crippen LogP contribution in [0.25, 0.3) is 5.70 Å². The minimum absolute atomic E-state index is 0.113. The predicted octanol–water partition coefficient (Wildman–Crippen LogP) is 4.08. The van der Waals surface area contributed by atoms with Crippen molar-refractivity contribution in [1.29, 1.82) is 0 Å². The highest BCUT2D eigenvalue weighted by molar-refractivity contribution is 6.54. The molecule has 1 heterocycles. The number of ketones is 1. The van der Waals surface area contributed by atoms with Crippen molar-refractivity contribution in [3.8, 4) is 5.75 Å². The lowest BCUT2D eigenvalue weighted by atomic mass is 9.95. The van der Waals surface area contributed by atoms with Crippen LogP contribution in [0.2, 0.25) is 0 Å². The van der Waals surface area contributed by atoms with Crippen LogP contribution in [0.1, 0.15) is 25.0 Å². The van der Waals surface area contributed by atoms with E-state index < -0.39 is 35.1 Å². The summed E-state index contributed by atoms with van der Waals surface area (Å²) in [7, 11) is 1.49. The van der Waals surface area contributed by atoms with Crippen LogP contribution in [-0.4, -0.2) is 41.7 Å². The molecule has 1 aliphatic rings. The second-order valence-electron chi connectivity index (χ2n) is 8.90. The average Bonchev–Trinajstić information content (AvgIpc) is 3.09. The Morgan fingerprint density at radius 3 is 2.14 bits per heavy atom. The van der Waals surface area contributed by atoms with E-state index in [0.29, 0.717) is 17.0 Å². The van der Waals surface area contributed by atoms with Crippen molar-refractivity contribution >= 4 is 34.7 Å². The lowest BCUT2D eigenvalue weighted by molar-refractivity contribution is -0.165. The van der Waals surface area contributed by atoms with E-state index in [-0.39, 0.29) is 11.4 Å². The van der Waals surface area contributed by atoms with Crippen molar-refractivity contribution in [2.45, 2.75) is 32.6 Å². The van der Waals surface area contributed by atoms with Gasteiger partial charge in [-0.15, -0.1) is 0 Å². The molecule has 0 radical (unpaired) electrons. The first-order valence-corrected chi connectivity index (χ1v) is 11.8. The number of aliphatic hydroxyl groups is 1. The summed E-state index contributed by atoms with van der Waals surface area (Å²) >= 11 is 0. The number of methoxy groups -OCH3 is 1. The molecule has 0 aromatic heterocycles. The fraction of sp³-hybridized carbons (Fsp3) is 0.207. The lowest BCUT2D eigenvalue weighted by Gasteiger charge is -2.33. The topological polar surface area (TPSA) is 105 Å². The van der Waals surface area contributed by atoms with Gasteiger partial charge >= 0.3 is 11.9 Å². The summed E-state index contributed by atoms with van der Waals surface area (Å²) in [6, 6.07) is 22.2. The Kier molecular flexibility index (Phi) is 7.13. The number of Topliss-reactive ketones (excluding diaryl/α,β-unsaturated/α-hetero) is 1. The smallest absolute Gasteiger partial charge is 0.365 e. The molecule has 1 unspecified atom stereocenters. The second-order valence-corrected chi connectivity index (χ2v) is 8.90. The molecule has 0 bridgehead atoms. The third kappa shape index (κ3) is 4.83. The fourth-order valence-corrected chi connectivity index (χ4v) is 4.10. The van der Waals surface area contributed by atoms with Crippen molar-refractivity contribution in [2.24, 2.45) is 0 Å². The van der Waals surface area contributed by atoms with Crippen LogP contribution in [0, 0.1) is 6.92 Å². The van der Waals surface area contributed by atoms with E-state index in [1.54, 1.807) is 68.4 Å². The Morgan fingerprint density at radius 2 is 1.57 bits per heavy atom. The molecular formula is C29H28N2O6. The molecule has 3 aromatic rings. The van der Waals surface area contributed by atoms with E-state index in [2.05, 4.69) is 5.32 Å². The summed E-state index contributed by atoms with van der Waals surface area (Å²) in [6.07, 6.45) is -0.619. The summed E-state index contributed by atoms with van der Waals surface area (Å²) in [4.78, 5) is 41.3. The van der Waals surface area contributed by atoms with Crippen LogP contribution >= 0.6 is 0 Å². The zero-order valence-corrected chi connectivity index (χ0v) is 21.0. The van der Waals surface area contributed by atoms with Crippen molar-refractivity contribution < 1.29 is 29.0 Å². The number of benzene rings is 3. The predicted molar refractivity (Wildman–Crippen MR) is 140 cm³/mol. The third-order valence-corrected chi connectivity index (χ3v) is 5.89. The van der Waals surface area contributed by atoms with Crippen LogP contribution in [0.5, 0.6) is 5.75 Å². The van der Waals surface area contributed by atoms with Gasteiger partial charge in [-0.25, -0.2) is 4.79 Å². The van der Waals surface area contributed by atoms with Gasteiger partial charge in [-0.05, 0) is 62.7 Å². The van der Waals surface area contributed by atoms with E-state index >= 15 is 0 Å². The highest BCUT2D eigenvalue weighted by Gasteiger charge is 2.62. The Hall–Kier alpha value is -4.43. The van der Waals surface area contributed by atoms with Crippen LogP contribution in [0.15, 0.2) is 84.4 Å². The molecule has 8 heteroatoms. The van der Waals surface area contributed by atoms with Crippen molar-refractivity contribution in [1.82, 2.24) is 0 Å². The molecule has 1 saturated heterocycles. The molecule has 0 spiro atoms. The number of aryl methyl sites for hydroxylation is 1. The molecule has 2 N–H and O–H groups in total. The van der Waals surface area contributed by atoms with Crippen LogP contribution in [0.4, 0.5) is 11.4 Å². The number of carbonyl (C=O) groups excluding carboxylic acids is 3. The number of nitrogens with zero attached hydrogens (tertiary/aromatic N) is 1. The van der Waals surface area contributed by atoms with Crippen molar-refractivity contribution in [3.63, 3.8) is 0 Å². The van der Waals surface area contributed by atoms with E-state index in [1.165, 1.54) is 19.2 Å².